The Bertz CT molecular complexity index is 275. The van der Waals surface area contributed by atoms with E-state index in [1.165, 1.54) is 7.11 Å². The van der Waals surface area contributed by atoms with E-state index in [1.807, 2.05) is 0 Å². The highest BCUT2D eigenvalue weighted by molar-refractivity contribution is 5.69. The van der Waals surface area contributed by atoms with E-state index in [4.69, 9.17) is 11.0 Å². The summed E-state index contributed by atoms with van der Waals surface area (Å²) in [4.78, 5) is 13.1. The first-order chi connectivity index (χ1) is 7.65. The molecule has 1 fully saturated rings. The van der Waals surface area contributed by atoms with Gasteiger partial charge in [0.05, 0.1) is 19.7 Å². The van der Waals surface area contributed by atoms with E-state index in [9.17, 15) is 4.79 Å². The van der Waals surface area contributed by atoms with Crippen LogP contribution in [-0.4, -0.2) is 43.7 Å². The molecule has 0 aromatic rings. The van der Waals surface area contributed by atoms with Crippen molar-refractivity contribution in [1.29, 1.82) is 5.26 Å². The van der Waals surface area contributed by atoms with E-state index in [0.717, 1.165) is 25.9 Å². The first-order valence-electron chi connectivity index (χ1n) is 5.57. The zero-order chi connectivity index (χ0) is 12.0. The lowest BCUT2D eigenvalue weighted by atomic mass is 9.91. The van der Waals surface area contributed by atoms with Gasteiger partial charge in [-0.15, -0.1) is 0 Å². The van der Waals surface area contributed by atoms with Crippen LogP contribution >= 0.6 is 0 Å². The minimum atomic E-state index is -0.175. The van der Waals surface area contributed by atoms with E-state index in [0.29, 0.717) is 18.9 Å². The number of nitriles is 1. The highest BCUT2D eigenvalue weighted by Gasteiger charge is 2.25. The lowest BCUT2D eigenvalue weighted by molar-refractivity contribution is -0.141. The molecule has 2 unspecified atom stereocenters. The van der Waals surface area contributed by atoms with Crippen LogP contribution in [0.1, 0.15) is 19.3 Å². The molecule has 5 nitrogen and oxygen atoms in total. The van der Waals surface area contributed by atoms with Gasteiger partial charge >= 0.3 is 5.97 Å². The summed E-state index contributed by atoms with van der Waals surface area (Å²) in [5, 5.41) is 8.64. The molecule has 2 N–H and O–H groups in total. The monoisotopic (exact) mass is 225 g/mol. The molecule has 16 heavy (non-hydrogen) atoms. The topological polar surface area (TPSA) is 79.3 Å². The molecule has 1 rings (SSSR count). The fourth-order valence-corrected chi connectivity index (χ4v) is 2.21. The fraction of sp³-hybridized carbons (Fsp3) is 0.818. The third-order valence-corrected chi connectivity index (χ3v) is 2.92. The third kappa shape index (κ3) is 4.17. The lowest BCUT2D eigenvalue weighted by Crippen LogP contribution is -2.47. The number of hydrogen-bond acceptors (Lipinski definition) is 5. The molecule has 0 aromatic heterocycles. The molecule has 0 bridgehead atoms. The molecule has 1 aliphatic heterocycles. The predicted octanol–water partition coefficient (Wildman–Crippen LogP) is 0.112. The molecule has 0 aliphatic carbocycles. The summed E-state index contributed by atoms with van der Waals surface area (Å²) >= 11 is 0. The summed E-state index contributed by atoms with van der Waals surface area (Å²) in [6.45, 7) is 2.06. The zero-order valence-electron chi connectivity index (χ0n) is 9.69. The van der Waals surface area contributed by atoms with Crippen LogP contribution in [0.4, 0.5) is 0 Å². The summed E-state index contributed by atoms with van der Waals surface area (Å²) in [7, 11) is 1.40. The first kappa shape index (κ1) is 12.9. The fourth-order valence-electron chi connectivity index (χ4n) is 2.21. The molecule has 1 saturated heterocycles. The Morgan fingerprint density at radius 3 is 3.00 bits per heavy atom. The van der Waals surface area contributed by atoms with Crippen molar-refractivity contribution in [3.05, 3.63) is 0 Å². The molecular weight excluding hydrogens is 206 g/mol. The number of hydrogen-bond donors (Lipinski definition) is 1. The number of rotatable bonds is 4. The molecule has 5 heteroatoms. The van der Waals surface area contributed by atoms with E-state index in [2.05, 4.69) is 15.7 Å². The second-order valence-corrected chi connectivity index (χ2v) is 4.33. The minimum absolute atomic E-state index is 0.116. The summed E-state index contributed by atoms with van der Waals surface area (Å²) in [5.74, 6) is 0.224. The van der Waals surface area contributed by atoms with Crippen molar-refractivity contribution in [3.63, 3.8) is 0 Å². The molecule has 0 aromatic carbocycles. The van der Waals surface area contributed by atoms with Gasteiger partial charge in [0, 0.05) is 25.6 Å². The van der Waals surface area contributed by atoms with E-state index in [1.54, 1.807) is 0 Å². The number of nitrogens with two attached hydrogens (primary N) is 1. The Hall–Kier alpha value is -1.12. The molecule has 2 atom stereocenters. The molecule has 0 radical (unpaired) electrons. The predicted molar refractivity (Wildman–Crippen MR) is 59.4 cm³/mol. The maximum atomic E-state index is 11.0. The SMILES string of the molecule is COC(=O)CCC1CC(N)CN(CC#N)C1. The molecule has 0 amide bonds. The second kappa shape index (κ2) is 6.46. The Labute approximate surface area is 96.2 Å². The Morgan fingerprint density at radius 1 is 1.62 bits per heavy atom. The summed E-state index contributed by atoms with van der Waals surface area (Å²) < 4.78 is 4.61. The Kier molecular flexibility index (Phi) is 5.23. The largest absolute Gasteiger partial charge is 0.469 e. The maximum Gasteiger partial charge on any atom is 0.305 e. The molecule has 90 valence electrons. The van der Waals surface area contributed by atoms with Gasteiger partial charge in [-0.05, 0) is 18.8 Å². The average Bonchev–Trinajstić information content (AvgIpc) is 2.25. The van der Waals surface area contributed by atoms with Crippen LogP contribution in [-0.2, 0) is 9.53 Å². The molecule has 1 aliphatic rings. The number of piperidine rings is 1. The highest BCUT2D eigenvalue weighted by Crippen LogP contribution is 2.20. The van der Waals surface area contributed by atoms with Gasteiger partial charge in [-0.25, -0.2) is 0 Å². The summed E-state index contributed by atoms with van der Waals surface area (Å²) in [6, 6.07) is 2.25. The smallest absolute Gasteiger partial charge is 0.305 e. The van der Waals surface area contributed by atoms with E-state index < -0.39 is 0 Å². The minimum Gasteiger partial charge on any atom is -0.469 e. The van der Waals surface area contributed by atoms with Crippen LogP contribution in [0.2, 0.25) is 0 Å². The Balaban J connectivity index is 2.36. The van der Waals surface area contributed by atoms with Gasteiger partial charge < -0.3 is 10.5 Å². The van der Waals surface area contributed by atoms with Gasteiger partial charge in [0.15, 0.2) is 0 Å². The Morgan fingerprint density at radius 2 is 2.38 bits per heavy atom. The van der Waals surface area contributed by atoms with Crippen molar-refractivity contribution in [3.8, 4) is 6.07 Å². The average molecular weight is 225 g/mol. The number of methoxy groups -OCH3 is 1. The number of esters is 1. The van der Waals surface area contributed by atoms with Crippen LogP contribution in [0.25, 0.3) is 0 Å². The maximum absolute atomic E-state index is 11.0. The highest BCUT2D eigenvalue weighted by atomic mass is 16.5. The van der Waals surface area contributed by atoms with Crippen LogP contribution in [0.3, 0.4) is 0 Å². The third-order valence-electron chi connectivity index (χ3n) is 2.92. The molecule has 0 spiro atoms. The van der Waals surface area contributed by atoms with Crippen LogP contribution < -0.4 is 5.73 Å². The normalized spacial score (nSPS) is 26.1. The van der Waals surface area contributed by atoms with Crippen molar-refractivity contribution in [1.82, 2.24) is 4.90 Å². The van der Waals surface area contributed by atoms with Gasteiger partial charge in [0.2, 0.25) is 0 Å². The quantitative estimate of drug-likeness (QED) is 0.542. The zero-order valence-corrected chi connectivity index (χ0v) is 9.69. The summed E-state index contributed by atoms with van der Waals surface area (Å²) in [6.07, 6.45) is 2.16. The number of carbonyl (C=O) groups excluding carboxylic acids is 1. The first-order valence-corrected chi connectivity index (χ1v) is 5.57. The van der Waals surface area contributed by atoms with Crippen molar-refractivity contribution < 1.29 is 9.53 Å². The lowest BCUT2D eigenvalue weighted by Gasteiger charge is -2.34. The summed E-state index contributed by atoms with van der Waals surface area (Å²) in [5.41, 5.74) is 5.92. The number of likely N-dealkylation sites (tertiary alicyclic amines) is 1. The van der Waals surface area contributed by atoms with Gasteiger partial charge in [-0.3, -0.25) is 9.69 Å². The number of ether oxygens (including phenoxy) is 1. The standard InChI is InChI=1S/C11H19N3O2/c1-16-11(15)3-2-9-6-10(13)8-14(7-9)5-4-12/h9-10H,2-3,5-8,13H2,1H3. The molecular formula is C11H19N3O2. The van der Waals surface area contributed by atoms with Gasteiger partial charge in [-0.1, -0.05) is 0 Å². The van der Waals surface area contributed by atoms with Crippen molar-refractivity contribution >= 4 is 5.97 Å². The van der Waals surface area contributed by atoms with Gasteiger partial charge in [0.1, 0.15) is 0 Å². The van der Waals surface area contributed by atoms with Crippen LogP contribution in [0.5, 0.6) is 0 Å². The number of nitrogens with zero attached hydrogens (tertiary/aromatic N) is 2. The van der Waals surface area contributed by atoms with Gasteiger partial charge in [-0.2, -0.15) is 5.26 Å². The second-order valence-electron chi connectivity index (χ2n) is 4.33. The van der Waals surface area contributed by atoms with E-state index in [-0.39, 0.29) is 12.0 Å². The molecule has 0 saturated carbocycles. The van der Waals surface area contributed by atoms with Crippen molar-refractivity contribution in [2.75, 3.05) is 26.7 Å². The van der Waals surface area contributed by atoms with Crippen molar-refractivity contribution in [2.45, 2.75) is 25.3 Å². The van der Waals surface area contributed by atoms with Crippen LogP contribution in [0.15, 0.2) is 0 Å². The molecule has 1 heterocycles. The number of carbonyl (C=O) groups is 1. The van der Waals surface area contributed by atoms with Gasteiger partial charge in [0.25, 0.3) is 0 Å². The van der Waals surface area contributed by atoms with E-state index >= 15 is 0 Å². The van der Waals surface area contributed by atoms with Crippen LogP contribution in [0, 0.1) is 17.2 Å². The van der Waals surface area contributed by atoms with Crippen molar-refractivity contribution in [2.24, 2.45) is 11.7 Å².